The maximum Gasteiger partial charge on any atom is 0.111 e. The third-order valence-electron chi connectivity index (χ3n) is 2.11. The van der Waals surface area contributed by atoms with Crippen LogP contribution in [0, 0.1) is 5.41 Å². The summed E-state index contributed by atoms with van der Waals surface area (Å²) in [7, 11) is 0. The molecular formula is C9H21NO4. The third kappa shape index (κ3) is 4.88. The van der Waals surface area contributed by atoms with Crippen molar-refractivity contribution >= 4 is 0 Å². The van der Waals surface area contributed by atoms with Gasteiger partial charge in [0.05, 0.1) is 19.8 Å². The molecule has 0 bridgehead atoms. The van der Waals surface area contributed by atoms with Gasteiger partial charge in [0.25, 0.3) is 0 Å². The molecule has 0 atom stereocenters. The summed E-state index contributed by atoms with van der Waals surface area (Å²) >= 11 is 0. The molecule has 0 spiro atoms. The minimum Gasteiger partial charge on any atom is -0.396 e. The van der Waals surface area contributed by atoms with Crippen molar-refractivity contribution in [1.82, 2.24) is 0 Å². The van der Waals surface area contributed by atoms with Crippen LogP contribution >= 0.6 is 0 Å². The van der Waals surface area contributed by atoms with Crippen molar-refractivity contribution in [2.75, 3.05) is 26.4 Å². The Labute approximate surface area is 84.5 Å². The van der Waals surface area contributed by atoms with Crippen LogP contribution in [0.2, 0.25) is 0 Å². The zero-order valence-corrected chi connectivity index (χ0v) is 8.86. The molecule has 0 unspecified atom stereocenters. The Kier molecular flexibility index (Phi) is 5.54. The molecule has 0 saturated heterocycles. The topological polar surface area (TPSA) is 95.9 Å². The lowest BCUT2D eigenvalue weighted by molar-refractivity contribution is -0.0596. The Hall–Kier alpha value is -0.200. The van der Waals surface area contributed by atoms with Gasteiger partial charge in [-0.2, -0.15) is 0 Å². The summed E-state index contributed by atoms with van der Waals surface area (Å²) in [5, 5.41) is 27.0. The van der Waals surface area contributed by atoms with Crippen molar-refractivity contribution in [2.45, 2.75) is 26.0 Å². The molecule has 5 nitrogen and oxygen atoms in total. The summed E-state index contributed by atoms with van der Waals surface area (Å²) in [6, 6.07) is 0. The summed E-state index contributed by atoms with van der Waals surface area (Å²) < 4.78 is 5.23. The Bertz CT molecular complexity index is 143. The first kappa shape index (κ1) is 13.8. The first-order valence-electron chi connectivity index (χ1n) is 4.64. The molecule has 0 aromatic carbocycles. The summed E-state index contributed by atoms with van der Waals surface area (Å²) in [6.07, 6.45) is 0.372. The van der Waals surface area contributed by atoms with E-state index in [1.165, 1.54) is 0 Å². The summed E-state index contributed by atoms with van der Waals surface area (Å²) in [5.74, 6) is 0. The molecule has 5 heteroatoms. The highest BCUT2D eigenvalue weighted by Crippen LogP contribution is 2.20. The minimum absolute atomic E-state index is 0.269. The van der Waals surface area contributed by atoms with Crippen molar-refractivity contribution < 1.29 is 20.1 Å². The van der Waals surface area contributed by atoms with Crippen LogP contribution in [0.4, 0.5) is 0 Å². The van der Waals surface area contributed by atoms with Crippen LogP contribution in [0.25, 0.3) is 0 Å². The number of aliphatic hydroxyl groups is 3. The van der Waals surface area contributed by atoms with Crippen LogP contribution in [0.15, 0.2) is 0 Å². The summed E-state index contributed by atoms with van der Waals surface area (Å²) in [6.45, 7) is 2.92. The van der Waals surface area contributed by atoms with Gasteiger partial charge < -0.3 is 25.8 Å². The molecule has 0 fully saturated rings. The number of hydrogen-bond acceptors (Lipinski definition) is 5. The van der Waals surface area contributed by atoms with Gasteiger partial charge in [-0.1, -0.05) is 0 Å². The SMILES string of the molecule is CC(C)(N)OCCC(CO)(CO)CO. The van der Waals surface area contributed by atoms with E-state index in [1.807, 2.05) is 0 Å². The van der Waals surface area contributed by atoms with Gasteiger partial charge in [-0.3, -0.25) is 0 Å². The molecule has 0 heterocycles. The van der Waals surface area contributed by atoms with Crippen molar-refractivity contribution in [1.29, 1.82) is 0 Å². The minimum atomic E-state index is -0.870. The highest BCUT2D eigenvalue weighted by Gasteiger charge is 2.28. The highest BCUT2D eigenvalue weighted by molar-refractivity contribution is 4.77. The van der Waals surface area contributed by atoms with Crippen LogP contribution in [0.3, 0.4) is 0 Å². The van der Waals surface area contributed by atoms with Gasteiger partial charge in [0.15, 0.2) is 0 Å². The molecule has 0 aliphatic carbocycles. The lowest BCUT2D eigenvalue weighted by atomic mass is 9.88. The van der Waals surface area contributed by atoms with Crippen LogP contribution in [0.1, 0.15) is 20.3 Å². The number of nitrogens with two attached hydrogens (primary N) is 1. The maximum absolute atomic E-state index is 9.00. The molecule has 0 saturated carbocycles. The average molecular weight is 207 g/mol. The van der Waals surface area contributed by atoms with Crippen molar-refractivity contribution in [3.63, 3.8) is 0 Å². The van der Waals surface area contributed by atoms with E-state index in [1.54, 1.807) is 13.8 Å². The van der Waals surface area contributed by atoms with Crippen LogP contribution < -0.4 is 5.73 Å². The summed E-state index contributed by atoms with van der Waals surface area (Å²) in [4.78, 5) is 0. The van der Waals surface area contributed by atoms with E-state index in [0.717, 1.165) is 0 Å². The van der Waals surface area contributed by atoms with Crippen LogP contribution in [-0.4, -0.2) is 47.5 Å². The molecule has 0 rings (SSSR count). The van der Waals surface area contributed by atoms with Gasteiger partial charge in [0, 0.05) is 12.0 Å². The molecule has 0 aromatic heterocycles. The van der Waals surface area contributed by atoms with E-state index in [4.69, 9.17) is 25.8 Å². The molecule has 5 N–H and O–H groups in total. The van der Waals surface area contributed by atoms with Crippen molar-refractivity contribution in [2.24, 2.45) is 11.1 Å². The monoisotopic (exact) mass is 207 g/mol. The Balaban J connectivity index is 3.95. The zero-order chi connectivity index (χ0) is 11.2. The largest absolute Gasteiger partial charge is 0.396 e. The Morgan fingerprint density at radius 3 is 1.79 bits per heavy atom. The molecule has 0 aromatic rings. The van der Waals surface area contributed by atoms with Crippen molar-refractivity contribution in [3.8, 4) is 0 Å². The van der Waals surface area contributed by atoms with E-state index in [9.17, 15) is 0 Å². The quantitative estimate of drug-likeness (QED) is 0.404. The highest BCUT2D eigenvalue weighted by atomic mass is 16.5. The zero-order valence-electron chi connectivity index (χ0n) is 8.86. The van der Waals surface area contributed by atoms with Gasteiger partial charge in [0.1, 0.15) is 5.72 Å². The van der Waals surface area contributed by atoms with E-state index in [0.29, 0.717) is 13.0 Å². The van der Waals surface area contributed by atoms with Gasteiger partial charge in [-0.15, -0.1) is 0 Å². The molecule has 86 valence electrons. The molecule has 0 aliphatic heterocycles. The summed E-state index contributed by atoms with van der Waals surface area (Å²) in [5.41, 5.74) is 3.98. The Morgan fingerprint density at radius 2 is 1.50 bits per heavy atom. The van der Waals surface area contributed by atoms with Gasteiger partial charge in [-0.25, -0.2) is 0 Å². The first-order chi connectivity index (χ1) is 6.39. The Morgan fingerprint density at radius 1 is 1.07 bits per heavy atom. The second-order valence-electron chi connectivity index (χ2n) is 4.18. The van der Waals surface area contributed by atoms with Crippen molar-refractivity contribution in [3.05, 3.63) is 0 Å². The van der Waals surface area contributed by atoms with Crippen LogP contribution in [0.5, 0.6) is 0 Å². The predicted molar refractivity (Wildman–Crippen MR) is 52.5 cm³/mol. The van der Waals surface area contributed by atoms with E-state index >= 15 is 0 Å². The molecule has 0 radical (unpaired) electrons. The molecule has 0 amide bonds. The van der Waals surface area contributed by atoms with Gasteiger partial charge in [-0.05, 0) is 20.3 Å². The fourth-order valence-corrected chi connectivity index (χ4v) is 0.918. The molecule has 0 aliphatic rings. The lowest BCUT2D eigenvalue weighted by Crippen LogP contribution is -2.39. The molecular weight excluding hydrogens is 186 g/mol. The van der Waals surface area contributed by atoms with Crippen LogP contribution in [-0.2, 0) is 4.74 Å². The van der Waals surface area contributed by atoms with Gasteiger partial charge in [0.2, 0.25) is 0 Å². The smallest absolute Gasteiger partial charge is 0.111 e. The standard InChI is InChI=1S/C9H21NO4/c1-8(2,10)14-4-3-9(5-11,6-12)7-13/h11-13H,3-7,10H2,1-2H3. The third-order valence-corrected chi connectivity index (χ3v) is 2.11. The number of aliphatic hydroxyl groups excluding tert-OH is 3. The second-order valence-corrected chi connectivity index (χ2v) is 4.18. The van der Waals surface area contributed by atoms with E-state index in [2.05, 4.69) is 0 Å². The predicted octanol–water partition coefficient (Wildman–Crippen LogP) is -0.949. The normalized spacial score (nSPS) is 13.3. The number of rotatable bonds is 7. The fourth-order valence-electron chi connectivity index (χ4n) is 0.918. The van der Waals surface area contributed by atoms with E-state index in [-0.39, 0.29) is 19.8 Å². The second kappa shape index (κ2) is 5.63. The fraction of sp³-hybridized carbons (Fsp3) is 1.00. The number of hydrogen-bond donors (Lipinski definition) is 4. The molecule has 14 heavy (non-hydrogen) atoms. The first-order valence-corrected chi connectivity index (χ1v) is 4.64. The average Bonchev–Trinajstić information content (AvgIpc) is 2.11. The van der Waals surface area contributed by atoms with E-state index < -0.39 is 11.1 Å². The maximum atomic E-state index is 9.00. The van der Waals surface area contributed by atoms with Gasteiger partial charge >= 0.3 is 0 Å². The lowest BCUT2D eigenvalue weighted by Gasteiger charge is -2.29. The number of ether oxygens (including phenoxy) is 1.